The van der Waals surface area contributed by atoms with Crippen molar-refractivity contribution in [3.05, 3.63) is 12.2 Å². The van der Waals surface area contributed by atoms with Crippen molar-refractivity contribution in [3.63, 3.8) is 0 Å². The molecule has 266 valence electrons. The smallest absolute Gasteiger partial charge is 0.226 e. The molecule has 6 nitrogen and oxygen atoms in total. The van der Waals surface area contributed by atoms with Crippen molar-refractivity contribution in [1.29, 1.82) is 0 Å². The van der Waals surface area contributed by atoms with E-state index >= 15 is 0 Å². The van der Waals surface area contributed by atoms with Gasteiger partial charge in [-0.3, -0.25) is 9.59 Å². The Kier molecular flexibility index (Phi) is 8.93. The molecule has 6 aliphatic carbocycles. The second kappa shape index (κ2) is 11.8. The summed E-state index contributed by atoms with van der Waals surface area (Å²) in [4.78, 5) is 27.9. The lowest BCUT2D eigenvalue weighted by Crippen LogP contribution is -2.68. The van der Waals surface area contributed by atoms with Crippen LogP contribution < -0.4 is 16.0 Å². The Balaban J connectivity index is 1.24. The lowest BCUT2D eigenvalue weighted by Gasteiger charge is -2.72. The third-order valence-electron chi connectivity index (χ3n) is 17.2. The van der Waals surface area contributed by atoms with Crippen LogP contribution in [0.3, 0.4) is 0 Å². The molecule has 0 aliphatic heterocycles. The Labute approximate surface area is 286 Å². The predicted molar refractivity (Wildman–Crippen MR) is 190 cm³/mol. The fourth-order valence-electron chi connectivity index (χ4n) is 14.0. The first-order valence-corrected chi connectivity index (χ1v) is 19.5. The van der Waals surface area contributed by atoms with Gasteiger partial charge in [0.2, 0.25) is 11.8 Å². The maximum atomic E-state index is 14.8. The van der Waals surface area contributed by atoms with Gasteiger partial charge in [-0.25, -0.2) is 0 Å². The molecule has 0 saturated heterocycles. The molecule has 2 amide bonds. The molecule has 0 aromatic heterocycles. The zero-order valence-electron chi connectivity index (χ0n) is 31.5. The highest BCUT2D eigenvalue weighted by Crippen LogP contribution is 2.77. The second-order valence-electron chi connectivity index (χ2n) is 19.5. The first-order chi connectivity index (χ1) is 21.9. The van der Waals surface area contributed by atoms with Crippen LogP contribution in [-0.2, 0) is 9.59 Å². The van der Waals surface area contributed by atoms with E-state index in [4.69, 9.17) is 0 Å². The Morgan fingerprint density at radius 1 is 0.809 bits per heavy atom. The van der Waals surface area contributed by atoms with E-state index in [0.29, 0.717) is 36.1 Å². The van der Waals surface area contributed by atoms with Gasteiger partial charge < -0.3 is 21.1 Å². The number of nitrogens with one attached hydrogen (secondary N) is 3. The molecule has 6 rings (SSSR count). The Hall–Kier alpha value is -1.40. The van der Waals surface area contributed by atoms with Crippen LogP contribution in [0.4, 0.5) is 0 Å². The van der Waals surface area contributed by atoms with E-state index in [0.717, 1.165) is 58.0 Å². The maximum absolute atomic E-state index is 14.8. The van der Waals surface area contributed by atoms with Gasteiger partial charge in [0.15, 0.2) is 0 Å². The third kappa shape index (κ3) is 4.97. The number of aliphatic hydroxyl groups is 1. The van der Waals surface area contributed by atoms with Crippen molar-refractivity contribution >= 4 is 11.8 Å². The van der Waals surface area contributed by atoms with Gasteiger partial charge >= 0.3 is 0 Å². The summed E-state index contributed by atoms with van der Waals surface area (Å²) in [6.45, 7) is 28.0. The number of amides is 2. The van der Waals surface area contributed by atoms with Crippen LogP contribution in [0.25, 0.3) is 0 Å². The predicted octanol–water partition coefficient (Wildman–Crippen LogP) is 7.26. The minimum absolute atomic E-state index is 0.0280. The SMILES string of the molecule is C=C(C)C1CCC2(C(=O)NC3CC(C(=O)NCCNCC)C3(C)C)CCC3(C)C(CCC4C5(C)CCC(O)C(C)(C)C5CCC43C)C12. The molecule has 0 aromatic carbocycles. The van der Waals surface area contributed by atoms with Gasteiger partial charge in [0.1, 0.15) is 0 Å². The Bertz CT molecular complexity index is 1260. The molecule has 0 aromatic rings. The topological polar surface area (TPSA) is 90.5 Å². The summed E-state index contributed by atoms with van der Waals surface area (Å²) in [6.07, 6.45) is 11.6. The van der Waals surface area contributed by atoms with Crippen molar-refractivity contribution < 1.29 is 14.7 Å². The van der Waals surface area contributed by atoms with Crippen LogP contribution in [0.5, 0.6) is 0 Å². The average molecular weight is 652 g/mol. The zero-order valence-corrected chi connectivity index (χ0v) is 31.5. The monoisotopic (exact) mass is 652 g/mol. The maximum Gasteiger partial charge on any atom is 0.226 e. The molecular formula is C41H69N3O3. The number of likely N-dealkylation sites (N-methyl/N-ethyl adjacent to an activating group) is 1. The van der Waals surface area contributed by atoms with Gasteiger partial charge in [0.25, 0.3) is 0 Å². The number of aliphatic hydroxyl groups excluding tert-OH is 1. The fourth-order valence-corrected chi connectivity index (χ4v) is 14.0. The number of allylic oxidation sites excluding steroid dienone is 1. The van der Waals surface area contributed by atoms with Gasteiger partial charge in [0, 0.05) is 25.0 Å². The highest BCUT2D eigenvalue weighted by Gasteiger charge is 2.72. The van der Waals surface area contributed by atoms with Gasteiger partial charge in [0.05, 0.1) is 11.5 Å². The molecule has 47 heavy (non-hydrogen) atoms. The second-order valence-corrected chi connectivity index (χ2v) is 19.5. The lowest BCUT2D eigenvalue weighted by molar-refractivity contribution is -0.246. The van der Waals surface area contributed by atoms with E-state index in [2.05, 4.69) is 84.8 Å². The van der Waals surface area contributed by atoms with E-state index in [1.165, 1.54) is 31.3 Å². The Morgan fingerprint density at radius 3 is 2.19 bits per heavy atom. The molecule has 4 N–H and O–H groups in total. The summed E-state index contributed by atoms with van der Waals surface area (Å²) >= 11 is 0. The molecule has 6 fully saturated rings. The third-order valence-corrected chi connectivity index (χ3v) is 17.2. The molecule has 6 heteroatoms. The van der Waals surface area contributed by atoms with Gasteiger partial charge in [-0.05, 0) is 141 Å². The van der Waals surface area contributed by atoms with Crippen LogP contribution >= 0.6 is 0 Å². The average Bonchev–Trinajstić information content (AvgIpc) is 3.41. The molecule has 0 spiro atoms. The number of carbonyl (C=O) groups excluding carboxylic acids is 2. The summed E-state index contributed by atoms with van der Waals surface area (Å²) in [5, 5.41) is 21.1. The number of hydrogen-bond donors (Lipinski definition) is 4. The minimum atomic E-state index is -0.343. The standard InChI is InChI=1S/C41H69N3O3/c1-11-42-22-23-43-34(46)28-24-31(36(28,4)5)44-35(47)41-19-14-26(25(2)3)33(41)27-12-13-30-38(8)17-16-32(45)37(6,7)29(38)15-18-40(30,10)39(27,9)20-21-41/h26-33,42,45H,2,11-24H2,1,3-10H3,(H,43,46)(H,44,47). The van der Waals surface area contributed by atoms with Crippen molar-refractivity contribution in [2.45, 2.75) is 145 Å². The molecule has 6 saturated carbocycles. The van der Waals surface area contributed by atoms with E-state index in [-0.39, 0.29) is 62.4 Å². The van der Waals surface area contributed by atoms with Crippen LogP contribution in [-0.4, -0.2) is 48.7 Å². The van der Waals surface area contributed by atoms with Crippen molar-refractivity contribution in [3.8, 4) is 0 Å². The minimum Gasteiger partial charge on any atom is -0.393 e. The number of fused-ring (bicyclic) bond motifs is 7. The highest BCUT2D eigenvalue weighted by molar-refractivity contribution is 5.86. The molecule has 0 heterocycles. The van der Waals surface area contributed by atoms with Crippen LogP contribution in [0, 0.1) is 68.0 Å². The zero-order chi connectivity index (χ0) is 34.4. The molecule has 6 aliphatic rings. The van der Waals surface area contributed by atoms with Gasteiger partial charge in [-0.15, -0.1) is 0 Å². The first-order valence-electron chi connectivity index (χ1n) is 19.5. The number of carbonyl (C=O) groups is 2. The summed E-state index contributed by atoms with van der Waals surface area (Å²) in [5.41, 5.74) is 1.28. The van der Waals surface area contributed by atoms with Crippen molar-refractivity contribution in [2.75, 3.05) is 19.6 Å². The molecular weight excluding hydrogens is 582 g/mol. The molecule has 12 unspecified atom stereocenters. The normalized spacial score (nSPS) is 47.7. The molecule has 0 radical (unpaired) electrons. The highest BCUT2D eigenvalue weighted by atomic mass is 16.3. The Morgan fingerprint density at radius 2 is 1.53 bits per heavy atom. The van der Waals surface area contributed by atoms with Crippen LogP contribution in [0.15, 0.2) is 12.2 Å². The van der Waals surface area contributed by atoms with E-state index in [1.54, 1.807) is 0 Å². The largest absolute Gasteiger partial charge is 0.393 e. The van der Waals surface area contributed by atoms with Crippen molar-refractivity contribution in [1.82, 2.24) is 16.0 Å². The van der Waals surface area contributed by atoms with Crippen LogP contribution in [0.1, 0.15) is 133 Å². The number of hydrogen-bond acceptors (Lipinski definition) is 4. The van der Waals surface area contributed by atoms with Crippen LogP contribution in [0.2, 0.25) is 0 Å². The van der Waals surface area contributed by atoms with E-state index < -0.39 is 0 Å². The summed E-state index contributed by atoms with van der Waals surface area (Å²) in [5.74, 6) is 2.78. The van der Waals surface area contributed by atoms with Gasteiger partial charge in [-0.1, -0.05) is 67.5 Å². The number of rotatable bonds is 8. The summed E-state index contributed by atoms with van der Waals surface area (Å²) in [7, 11) is 0. The lowest BCUT2D eigenvalue weighted by atomic mass is 9.32. The quantitative estimate of drug-likeness (QED) is 0.164. The van der Waals surface area contributed by atoms with E-state index in [9.17, 15) is 14.7 Å². The summed E-state index contributed by atoms with van der Waals surface area (Å²) in [6, 6.07) is 0.0280. The molecule has 12 atom stereocenters. The first kappa shape index (κ1) is 35.4. The van der Waals surface area contributed by atoms with Gasteiger partial charge in [-0.2, -0.15) is 0 Å². The molecule has 0 bridgehead atoms. The van der Waals surface area contributed by atoms with E-state index in [1.807, 2.05) is 0 Å². The fraction of sp³-hybridized carbons (Fsp3) is 0.902. The summed E-state index contributed by atoms with van der Waals surface area (Å²) < 4.78 is 0. The van der Waals surface area contributed by atoms with Crippen molar-refractivity contribution in [2.24, 2.45) is 68.0 Å².